The molecule has 0 aliphatic carbocycles. The maximum Gasteiger partial charge on any atom is 0.220 e. The molecule has 24 heavy (non-hydrogen) atoms. The highest BCUT2D eigenvalue weighted by Gasteiger charge is 2.11. The molecule has 1 aromatic carbocycles. The Labute approximate surface area is 149 Å². The summed E-state index contributed by atoms with van der Waals surface area (Å²) in [7, 11) is 0. The fourth-order valence-corrected chi connectivity index (χ4v) is 3.24. The Morgan fingerprint density at radius 3 is 2.88 bits per heavy atom. The van der Waals surface area contributed by atoms with E-state index in [0.717, 1.165) is 12.0 Å². The van der Waals surface area contributed by atoms with Gasteiger partial charge in [-0.1, -0.05) is 29.8 Å². The van der Waals surface area contributed by atoms with Crippen LogP contribution < -0.4 is 5.32 Å². The van der Waals surface area contributed by atoms with Gasteiger partial charge in [-0.05, 0) is 30.0 Å². The van der Waals surface area contributed by atoms with Gasteiger partial charge in [-0.15, -0.1) is 11.3 Å². The Kier molecular flexibility index (Phi) is 5.67. The lowest BCUT2D eigenvalue weighted by Gasteiger charge is -2.03. The molecule has 6 heteroatoms. The van der Waals surface area contributed by atoms with E-state index >= 15 is 0 Å². The molecule has 0 spiro atoms. The van der Waals surface area contributed by atoms with Crippen LogP contribution in [0.4, 0.5) is 0 Å². The van der Waals surface area contributed by atoms with Crippen LogP contribution in [-0.4, -0.2) is 17.4 Å². The second kappa shape index (κ2) is 8.13. The molecule has 3 rings (SSSR count). The Hall–Kier alpha value is -2.11. The zero-order chi connectivity index (χ0) is 16.8. The highest BCUT2D eigenvalue weighted by Crippen LogP contribution is 2.28. The van der Waals surface area contributed by atoms with Gasteiger partial charge in [0.05, 0.1) is 11.2 Å². The largest absolute Gasteiger partial charge is 0.441 e. The van der Waals surface area contributed by atoms with Crippen LogP contribution in [0.3, 0.4) is 0 Å². The number of thiophene rings is 1. The molecule has 0 atom stereocenters. The highest BCUT2D eigenvalue weighted by atomic mass is 35.5. The van der Waals surface area contributed by atoms with E-state index in [9.17, 15) is 4.79 Å². The summed E-state index contributed by atoms with van der Waals surface area (Å²) >= 11 is 7.84. The smallest absolute Gasteiger partial charge is 0.220 e. The number of carbonyl (C=O) groups is 1. The van der Waals surface area contributed by atoms with Crippen LogP contribution in [0.1, 0.15) is 17.2 Å². The molecular formula is C18H17ClN2O2S. The zero-order valence-electron chi connectivity index (χ0n) is 13.0. The van der Waals surface area contributed by atoms with E-state index in [1.807, 2.05) is 29.6 Å². The zero-order valence-corrected chi connectivity index (χ0v) is 14.6. The minimum Gasteiger partial charge on any atom is -0.441 e. The minimum absolute atomic E-state index is 0.00375. The van der Waals surface area contributed by atoms with Crippen LogP contribution in [0, 0.1) is 0 Å². The standard InChI is InChI=1S/C18H17ClN2O2S/c19-15-6-2-1-5-14(15)16-12-21-18(23-16)8-7-17(22)20-10-9-13-4-3-11-24-13/h1-6,11-12H,7-10H2,(H,20,22). The summed E-state index contributed by atoms with van der Waals surface area (Å²) in [4.78, 5) is 17.4. The van der Waals surface area contributed by atoms with E-state index in [0.29, 0.717) is 36.1 Å². The molecule has 0 bridgehead atoms. The number of aryl methyl sites for hydroxylation is 1. The van der Waals surface area contributed by atoms with E-state index in [1.54, 1.807) is 23.6 Å². The minimum atomic E-state index is 0.00375. The van der Waals surface area contributed by atoms with Gasteiger partial charge < -0.3 is 9.73 Å². The average Bonchev–Trinajstić information content (AvgIpc) is 3.25. The van der Waals surface area contributed by atoms with Crippen molar-refractivity contribution in [2.75, 3.05) is 6.54 Å². The molecule has 3 aromatic rings. The molecule has 0 unspecified atom stereocenters. The number of rotatable bonds is 7. The van der Waals surface area contributed by atoms with Crippen LogP contribution in [0.2, 0.25) is 5.02 Å². The highest BCUT2D eigenvalue weighted by molar-refractivity contribution is 7.09. The monoisotopic (exact) mass is 360 g/mol. The van der Waals surface area contributed by atoms with Crippen molar-refractivity contribution in [2.24, 2.45) is 0 Å². The molecule has 0 saturated carbocycles. The molecule has 0 radical (unpaired) electrons. The number of nitrogens with zero attached hydrogens (tertiary/aromatic N) is 1. The van der Waals surface area contributed by atoms with Gasteiger partial charge >= 0.3 is 0 Å². The van der Waals surface area contributed by atoms with Crippen molar-refractivity contribution < 1.29 is 9.21 Å². The first kappa shape index (κ1) is 16.7. The third-order valence-electron chi connectivity index (χ3n) is 3.53. The summed E-state index contributed by atoms with van der Waals surface area (Å²) in [5.74, 6) is 1.16. The first-order chi connectivity index (χ1) is 11.7. The number of nitrogens with one attached hydrogen (secondary N) is 1. The maximum absolute atomic E-state index is 11.9. The van der Waals surface area contributed by atoms with Crippen molar-refractivity contribution in [1.82, 2.24) is 10.3 Å². The molecule has 2 heterocycles. The Balaban J connectivity index is 1.47. The van der Waals surface area contributed by atoms with E-state index in [2.05, 4.69) is 16.4 Å². The Bertz CT molecular complexity index is 799. The number of benzene rings is 1. The van der Waals surface area contributed by atoms with Gasteiger partial charge in [-0.25, -0.2) is 4.98 Å². The van der Waals surface area contributed by atoms with Gasteiger partial charge in [0.15, 0.2) is 11.7 Å². The lowest BCUT2D eigenvalue weighted by molar-refractivity contribution is -0.121. The molecule has 1 amide bonds. The lowest BCUT2D eigenvalue weighted by Crippen LogP contribution is -2.25. The van der Waals surface area contributed by atoms with E-state index < -0.39 is 0 Å². The van der Waals surface area contributed by atoms with Crippen LogP contribution in [0.15, 0.2) is 52.4 Å². The Morgan fingerprint density at radius 1 is 1.21 bits per heavy atom. The SMILES string of the molecule is O=C(CCc1ncc(-c2ccccc2Cl)o1)NCCc1cccs1. The Morgan fingerprint density at radius 2 is 2.08 bits per heavy atom. The van der Waals surface area contributed by atoms with Gasteiger partial charge in [-0.2, -0.15) is 0 Å². The van der Waals surface area contributed by atoms with E-state index in [1.165, 1.54) is 4.88 Å². The number of carbonyl (C=O) groups excluding carboxylic acids is 1. The quantitative estimate of drug-likeness (QED) is 0.681. The fraction of sp³-hybridized carbons (Fsp3) is 0.222. The van der Waals surface area contributed by atoms with Gasteiger partial charge in [-0.3, -0.25) is 4.79 Å². The summed E-state index contributed by atoms with van der Waals surface area (Å²) < 4.78 is 5.69. The number of halogens is 1. The number of amides is 1. The van der Waals surface area contributed by atoms with Crippen LogP contribution in [0.5, 0.6) is 0 Å². The fourth-order valence-electron chi connectivity index (χ4n) is 2.30. The van der Waals surface area contributed by atoms with Crippen LogP contribution in [0.25, 0.3) is 11.3 Å². The van der Waals surface area contributed by atoms with Crippen molar-refractivity contribution in [3.63, 3.8) is 0 Å². The molecular weight excluding hydrogens is 344 g/mol. The average molecular weight is 361 g/mol. The second-order valence-electron chi connectivity index (χ2n) is 5.28. The molecule has 1 N–H and O–H groups in total. The lowest BCUT2D eigenvalue weighted by atomic mass is 10.2. The molecule has 0 saturated heterocycles. The third-order valence-corrected chi connectivity index (χ3v) is 4.80. The van der Waals surface area contributed by atoms with Crippen molar-refractivity contribution in [2.45, 2.75) is 19.3 Å². The van der Waals surface area contributed by atoms with Crippen molar-refractivity contribution in [3.8, 4) is 11.3 Å². The topological polar surface area (TPSA) is 55.1 Å². The summed E-state index contributed by atoms with van der Waals surface area (Å²) in [5.41, 5.74) is 0.804. The molecule has 0 aliphatic heterocycles. The van der Waals surface area contributed by atoms with Crippen molar-refractivity contribution in [1.29, 1.82) is 0 Å². The predicted molar refractivity (Wildman–Crippen MR) is 96.3 cm³/mol. The molecule has 4 nitrogen and oxygen atoms in total. The van der Waals surface area contributed by atoms with Crippen LogP contribution in [-0.2, 0) is 17.6 Å². The van der Waals surface area contributed by atoms with Crippen molar-refractivity contribution >= 4 is 28.8 Å². The summed E-state index contributed by atoms with van der Waals surface area (Å²) in [6.45, 7) is 0.649. The first-order valence-electron chi connectivity index (χ1n) is 7.71. The van der Waals surface area contributed by atoms with Gasteiger partial charge in [0.1, 0.15) is 0 Å². The molecule has 0 fully saturated rings. The molecule has 0 aliphatic rings. The molecule has 124 valence electrons. The van der Waals surface area contributed by atoms with Gasteiger partial charge in [0.25, 0.3) is 0 Å². The summed E-state index contributed by atoms with van der Waals surface area (Å²) in [6, 6.07) is 11.5. The van der Waals surface area contributed by atoms with Crippen LogP contribution >= 0.6 is 22.9 Å². The predicted octanol–water partition coefficient (Wildman–Crippen LogP) is 4.35. The number of hydrogen-bond donors (Lipinski definition) is 1. The normalized spacial score (nSPS) is 10.7. The number of aromatic nitrogens is 1. The second-order valence-corrected chi connectivity index (χ2v) is 6.72. The van der Waals surface area contributed by atoms with E-state index in [4.69, 9.17) is 16.0 Å². The number of oxazole rings is 1. The van der Waals surface area contributed by atoms with Gasteiger partial charge in [0, 0.05) is 29.8 Å². The van der Waals surface area contributed by atoms with Gasteiger partial charge in [0.2, 0.25) is 5.91 Å². The first-order valence-corrected chi connectivity index (χ1v) is 8.97. The van der Waals surface area contributed by atoms with Crippen molar-refractivity contribution in [3.05, 3.63) is 63.8 Å². The summed E-state index contributed by atoms with van der Waals surface area (Å²) in [6.07, 6.45) is 3.33. The summed E-state index contributed by atoms with van der Waals surface area (Å²) in [5, 5.41) is 5.57. The van der Waals surface area contributed by atoms with E-state index in [-0.39, 0.29) is 5.91 Å². The number of hydrogen-bond acceptors (Lipinski definition) is 4. The third kappa shape index (κ3) is 4.46. The molecule has 2 aromatic heterocycles. The maximum atomic E-state index is 11.9.